The van der Waals surface area contributed by atoms with Gasteiger partial charge in [0, 0.05) is 19.5 Å². The van der Waals surface area contributed by atoms with Gasteiger partial charge in [-0.15, -0.1) is 0 Å². The number of amides is 1. The van der Waals surface area contributed by atoms with Gasteiger partial charge in [-0.05, 0) is 32.6 Å². The lowest BCUT2D eigenvalue weighted by Crippen LogP contribution is -2.38. The van der Waals surface area contributed by atoms with Gasteiger partial charge in [0.25, 0.3) is 0 Å². The highest BCUT2D eigenvalue weighted by molar-refractivity contribution is 5.74. The molecule has 0 radical (unpaired) electrons. The number of piperidine rings is 1. The molecular formula is C14H22N4O2. The highest BCUT2D eigenvalue weighted by Crippen LogP contribution is 2.29. The largest absolute Gasteiger partial charge is 0.481 e. The molecule has 1 aliphatic rings. The van der Waals surface area contributed by atoms with E-state index < -0.39 is 0 Å². The number of carbonyl (C=O) groups excluding carboxylic acids is 1. The number of nitrogens with two attached hydrogens (primary N) is 1. The number of nitrogens with zero attached hydrogens (tertiary/aromatic N) is 3. The average molecular weight is 278 g/mol. The van der Waals surface area contributed by atoms with Crippen molar-refractivity contribution < 1.29 is 9.53 Å². The van der Waals surface area contributed by atoms with Crippen LogP contribution in [0.4, 0.5) is 5.82 Å². The molecule has 20 heavy (non-hydrogen) atoms. The van der Waals surface area contributed by atoms with E-state index in [0.717, 1.165) is 37.3 Å². The van der Waals surface area contributed by atoms with Gasteiger partial charge in [0.15, 0.2) is 0 Å². The summed E-state index contributed by atoms with van der Waals surface area (Å²) in [6.45, 7) is 5.57. The van der Waals surface area contributed by atoms with Crippen LogP contribution in [-0.4, -0.2) is 36.1 Å². The highest BCUT2D eigenvalue weighted by Gasteiger charge is 2.24. The van der Waals surface area contributed by atoms with Gasteiger partial charge in [0.05, 0.1) is 12.7 Å². The molecule has 1 amide bonds. The van der Waals surface area contributed by atoms with Gasteiger partial charge >= 0.3 is 0 Å². The molecule has 1 aromatic heterocycles. The minimum atomic E-state index is -0.231. The molecule has 1 aliphatic heterocycles. The molecule has 0 bridgehead atoms. The van der Waals surface area contributed by atoms with Crippen LogP contribution in [0.3, 0.4) is 0 Å². The van der Waals surface area contributed by atoms with Crippen molar-refractivity contribution in [2.45, 2.75) is 33.1 Å². The van der Waals surface area contributed by atoms with E-state index in [0.29, 0.717) is 24.0 Å². The Bertz CT molecular complexity index is 504. The molecule has 110 valence electrons. The zero-order valence-corrected chi connectivity index (χ0v) is 12.3. The molecule has 0 aromatic carbocycles. The third-order valence-corrected chi connectivity index (χ3v) is 3.69. The van der Waals surface area contributed by atoms with E-state index in [1.807, 2.05) is 13.8 Å². The summed E-state index contributed by atoms with van der Waals surface area (Å²) < 4.78 is 5.30. The van der Waals surface area contributed by atoms with E-state index in [9.17, 15) is 4.79 Å². The number of rotatable bonds is 4. The zero-order chi connectivity index (χ0) is 14.7. The van der Waals surface area contributed by atoms with Crippen molar-refractivity contribution >= 4 is 11.7 Å². The minimum Gasteiger partial charge on any atom is -0.481 e. The average Bonchev–Trinajstić information content (AvgIpc) is 2.40. The normalized spacial score (nSPS) is 18.9. The Hall–Kier alpha value is -1.85. The molecule has 6 nitrogen and oxygen atoms in total. The molecule has 1 fully saturated rings. The molecule has 2 N–H and O–H groups in total. The summed E-state index contributed by atoms with van der Waals surface area (Å²) in [6, 6.07) is 0. The quantitative estimate of drug-likeness (QED) is 0.894. The first kappa shape index (κ1) is 14.6. The molecule has 1 saturated heterocycles. The van der Waals surface area contributed by atoms with Crippen LogP contribution in [-0.2, 0) is 4.79 Å². The van der Waals surface area contributed by atoms with Crippen molar-refractivity contribution in [3.8, 4) is 5.88 Å². The molecular weight excluding hydrogens is 256 g/mol. The Kier molecular flexibility index (Phi) is 4.42. The topological polar surface area (TPSA) is 81.3 Å². The van der Waals surface area contributed by atoms with Gasteiger partial charge in [0.2, 0.25) is 11.8 Å². The molecule has 0 unspecified atom stereocenters. The second kappa shape index (κ2) is 6.07. The summed E-state index contributed by atoms with van der Waals surface area (Å²) in [5.74, 6) is 2.29. The van der Waals surface area contributed by atoms with Crippen molar-refractivity contribution in [2.75, 3.05) is 25.1 Å². The number of anilines is 1. The number of aryl methyl sites for hydroxylation is 1. The summed E-state index contributed by atoms with van der Waals surface area (Å²) in [6.07, 6.45) is 2.53. The number of hydrogen-bond donors (Lipinski definition) is 1. The number of aromatic nitrogens is 2. The molecule has 0 saturated carbocycles. The van der Waals surface area contributed by atoms with Gasteiger partial charge in [-0.2, -0.15) is 4.98 Å². The molecule has 0 spiro atoms. The van der Waals surface area contributed by atoms with E-state index in [4.69, 9.17) is 10.5 Å². The van der Waals surface area contributed by atoms with Crippen LogP contribution < -0.4 is 15.4 Å². The van der Waals surface area contributed by atoms with Gasteiger partial charge < -0.3 is 15.4 Å². The van der Waals surface area contributed by atoms with E-state index in [1.54, 1.807) is 7.11 Å². The van der Waals surface area contributed by atoms with Crippen molar-refractivity contribution in [2.24, 2.45) is 11.7 Å². The summed E-state index contributed by atoms with van der Waals surface area (Å²) in [5.41, 5.74) is 6.25. The van der Waals surface area contributed by atoms with Crippen molar-refractivity contribution in [1.82, 2.24) is 9.97 Å². The molecule has 1 atom stereocenters. The molecule has 1 aromatic rings. The van der Waals surface area contributed by atoms with Crippen molar-refractivity contribution in [3.63, 3.8) is 0 Å². The van der Waals surface area contributed by atoms with Crippen LogP contribution in [0.15, 0.2) is 0 Å². The van der Waals surface area contributed by atoms with E-state index >= 15 is 0 Å². The number of hydrogen-bond acceptors (Lipinski definition) is 5. The fourth-order valence-corrected chi connectivity index (χ4v) is 2.80. The molecule has 2 heterocycles. The predicted molar refractivity (Wildman–Crippen MR) is 76.8 cm³/mol. The van der Waals surface area contributed by atoms with Crippen LogP contribution in [0, 0.1) is 19.8 Å². The lowest BCUT2D eigenvalue weighted by molar-refractivity contribution is -0.118. The third kappa shape index (κ3) is 3.18. The van der Waals surface area contributed by atoms with Crippen molar-refractivity contribution in [1.29, 1.82) is 0 Å². The van der Waals surface area contributed by atoms with Crippen LogP contribution in [0.1, 0.15) is 30.7 Å². The molecule has 0 aliphatic carbocycles. The first-order valence-electron chi connectivity index (χ1n) is 6.93. The SMILES string of the molecule is COc1nc(C)nc(N2CCC[C@@H](CC(N)=O)C2)c1C. The van der Waals surface area contributed by atoms with E-state index in [2.05, 4.69) is 14.9 Å². The monoisotopic (exact) mass is 278 g/mol. The smallest absolute Gasteiger partial charge is 0.221 e. The lowest BCUT2D eigenvalue weighted by Gasteiger charge is -2.34. The first-order valence-corrected chi connectivity index (χ1v) is 6.93. The Morgan fingerprint density at radius 2 is 2.20 bits per heavy atom. The van der Waals surface area contributed by atoms with Gasteiger partial charge in [-0.1, -0.05) is 0 Å². The number of ether oxygens (including phenoxy) is 1. The Labute approximate surface area is 119 Å². The van der Waals surface area contributed by atoms with E-state index in [-0.39, 0.29) is 5.91 Å². The predicted octanol–water partition coefficient (Wildman–Crippen LogP) is 1.19. The zero-order valence-electron chi connectivity index (χ0n) is 12.3. The summed E-state index contributed by atoms with van der Waals surface area (Å²) in [7, 11) is 1.62. The number of carbonyl (C=O) groups is 1. The summed E-state index contributed by atoms with van der Waals surface area (Å²) in [4.78, 5) is 22.1. The van der Waals surface area contributed by atoms with Gasteiger partial charge in [0.1, 0.15) is 11.6 Å². The molecule has 2 rings (SSSR count). The number of primary amides is 1. The minimum absolute atomic E-state index is 0.231. The second-order valence-electron chi connectivity index (χ2n) is 5.35. The number of methoxy groups -OCH3 is 1. The fraction of sp³-hybridized carbons (Fsp3) is 0.643. The van der Waals surface area contributed by atoms with Crippen LogP contribution >= 0.6 is 0 Å². The Morgan fingerprint density at radius 3 is 2.85 bits per heavy atom. The maximum atomic E-state index is 11.1. The molecule has 6 heteroatoms. The fourth-order valence-electron chi connectivity index (χ4n) is 2.80. The van der Waals surface area contributed by atoms with Crippen LogP contribution in [0.5, 0.6) is 5.88 Å². The van der Waals surface area contributed by atoms with Crippen LogP contribution in [0.25, 0.3) is 0 Å². The Morgan fingerprint density at radius 1 is 1.45 bits per heavy atom. The lowest BCUT2D eigenvalue weighted by atomic mass is 9.94. The van der Waals surface area contributed by atoms with E-state index in [1.165, 1.54) is 0 Å². The first-order chi connectivity index (χ1) is 9.51. The van der Waals surface area contributed by atoms with Crippen LogP contribution in [0.2, 0.25) is 0 Å². The Balaban J connectivity index is 2.22. The van der Waals surface area contributed by atoms with Crippen molar-refractivity contribution in [3.05, 3.63) is 11.4 Å². The standard InChI is InChI=1S/C14H22N4O2/c1-9-13(16-10(2)17-14(9)20-3)18-6-4-5-11(8-18)7-12(15)19/h11H,4-8H2,1-3H3,(H2,15,19)/t11-/m0/s1. The summed E-state index contributed by atoms with van der Waals surface area (Å²) >= 11 is 0. The summed E-state index contributed by atoms with van der Waals surface area (Å²) in [5, 5.41) is 0. The second-order valence-corrected chi connectivity index (χ2v) is 5.35. The maximum Gasteiger partial charge on any atom is 0.221 e. The maximum absolute atomic E-state index is 11.1. The van der Waals surface area contributed by atoms with Gasteiger partial charge in [-0.25, -0.2) is 4.98 Å². The highest BCUT2D eigenvalue weighted by atomic mass is 16.5. The van der Waals surface area contributed by atoms with Gasteiger partial charge in [-0.3, -0.25) is 4.79 Å². The third-order valence-electron chi connectivity index (χ3n) is 3.69.